The number of carbonyl (C=O) groups is 1. The molecule has 0 radical (unpaired) electrons. The number of aliphatic hydroxyl groups is 2. The lowest BCUT2D eigenvalue weighted by atomic mass is 9.34. The minimum absolute atomic E-state index is 0.00155. The maximum Gasteiger partial charge on any atom is 0.310 e. The second-order valence-electron chi connectivity index (χ2n) is 14.3. The summed E-state index contributed by atoms with van der Waals surface area (Å²) in [6.45, 7) is 16.0. The van der Waals surface area contributed by atoms with Crippen LogP contribution in [-0.4, -0.2) is 33.5 Å². The molecule has 3 saturated carbocycles. The van der Waals surface area contributed by atoms with E-state index in [0.717, 1.165) is 32.1 Å². The molecule has 9 atom stereocenters. The van der Waals surface area contributed by atoms with Crippen LogP contribution in [0, 0.1) is 50.7 Å². The lowest BCUT2D eigenvalue weighted by Crippen LogP contribution is -2.66. The van der Waals surface area contributed by atoms with Crippen molar-refractivity contribution >= 4 is 5.97 Å². The van der Waals surface area contributed by atoms with Crippen LogP contribution in [0.1, 0.15) is 93.4 Å². The molecule has 34 heavy (non-hydrogen) atoms. The van der Waals surface area contributed by atoms with Crippen molar-refractivity contribution in [3.8, 4) is 0 Å². The summed E-state index contributed by atoms with van der Waals surface area (Å²) in [7, 11) is 0. The van der Waals surface area contributed by atoms with Gasteiger partial charge in [-0.3, -0.25) is 4.79 Å². The third-order valence-corrected chi connectivity index (χ3v) is 12.9. The molecule has 0 spiro atoms. The smallest absolute Gasteiger partial charge is 0.310 e. The Hall–Kier alpha value is -1.13. The second-order valence-corrected chi connectivity index (χ2v) is 14.3. The Balaban J connectivity index is 1.68. The molecule has 9 unspecified atom stereocenters. The molecule has 0 heterocycles. The Morgan fingerprint density at radius 3 is 2.29 bits per heavy atom. The zero-order valence-corrected chi connectivity index (χ0v) is 22.4. The number of hydrogen-bond donors (Lipinski definition) is 3. The van der Waals surface area contributed by atoms with Crippen molar-refractivity contribution in [3.05, 3.63) is 23.3 Å². The first kappa shape index (κ1) is 24.6. The highest BCUT2D eigenvalue weighted by Crippen LogP contribution is 2.76. The fourth-order valence-electron chi connectivity index (χ4n) is 10.6. The molecule has 0 aromatic heterocycles. The monoisotopic (exact) mass is 470 g/mol. The van der Waals surface area contributed by atoms with E-state index in [1.807, 2.05) is 6.92 Å². The minimum Gasteiger partial charge on any atom is -0.481 e. The van der Waals surface area contributed by atoms with E-state index in [1.54, 1.807) is 0 Å². The van der Waals surface area contributed by atoms with Gasteiger partial charge in [0.15, 0.2) is 0 Å². The first-order chi connectivity index (χ1) is 15.6. The highest BCUT2D eigenvalue weighted by atomic mass is 16.4. The Labute approximate surface area is 205 Å². The van der Waals surface area contributed by atoms with Crippen LogP contribution in [0.5, 0.6) is 0 Å². The van der Waals surface area contributed by atoms with Crippen LogP contribution in [0.25, 0.3) is 0 Å². The van der Waals surface area contributed by atoms with E-state index in [0.29, 0.717) is 24.7 Å². The Bertz CT molecular complexity index is 974. The summed E-state index contributed by atoms with van der Waals surface area (Å²) in [6.07, 6.45) is 10.8. The van der Waals surface area contributed by atoms with Crippen molar-refractivity contribution in [3.63, 3.8) is 0 Å². The molecule has 5 aliphatic carbocycles. The van der Waals surface area contributed by atoms with E-state index >= 15 is 0 Å². The van der Waals surface area contributed by atoms with Gasteiger partial charge in [0, 0.05) is 5.92 Å². The van der Waals surface area contributed by atoms with Gasteiger partial charge in [0.25, 0.3) is 0 Å². The molecular weight excluding hydrogens is 424 g/mol. The average Bonchev–Trinajstić information content (AvgIpc) is 2.96. The Morgan fingerprint density at radius 2 is 1.68 bits per heavy atom. The van der Waals surface area contributed by atoms with Gasteiger partial charge in [-0.2, -0.15) is 0 Å². The van der Waals surface area contributed by atoms with E-state index in [-0.39, 0.29) is 40.1 Å². The minimum atomic E-state index is -1.03. The molecule has 5 rings (SSSR count). The van der Waals surface area contributed by atoms with E-state index in [1.165, 1.54) is 11.1 Å². The molecule has 0 saturated heterocycles. The quantitative estimate of drug-likeness (QED) is 0.434. The van der Waals surface area contributed by atoms with Gasteiger partial charge in [0.2, 0.25) is 0 Å². The number of fused-ring (bicyclic) bond motifs is 7. The number of rotatable bonds is 2. The third kappa shape index (κ3) is 2.60. The fraction of sp³-hybridized carbons (Fsp3) is 0.833. The van der Waals surface area contributed by atoms with Crippen molar-refractivity contribution < 1.29 is 20.1 Å². The molecule has 4 heteroatoms. The number of allylic oxidation sites excluding steroid dienone is 2. The molecule has 0 aliphatic heterocycles. The van der Waals surface area contributed by atoms with Crippen LogP contribution in [0.15, 0.2) is 23.3 Å². The van der Waals surface area contributed by atoms with Crippen LogP contribution >= 0.6 is 0 Å². The number of aliphatic hydroxyl groups excluding tert-OH is 1. The van der Waals surface area contributed by atoms with Gasteiger partial charge in [-0.25, -0.2) is 0 Å². The molecule has 5 aliphatic rings. The summed E-state index contributed by atoms with van der Waals surface area (Å²) in [5.41, 5.74) is 0.405. The van der Waals surface area contributed by atoms with Gasteiger partial charge in [0.1, 0.15) is 0 Å². The van der Waals surface area contributed by atoms with Crippen molar-refractivity contribution in [2.24, 2.45) is 50.7 Å². The number of carboxylic acids is 1. The summed E-state index contributed by atoms with van der Waals surface area (Å²) < 4.78 is 0. The van der Waals surface area contributed by atoms with Crippen molar-refractivity contribution in [2.75, 3.05) is 6.61 Å². The maximum atomic E-state index is 12.8. The lowest BCUT2D eigenvalue weighted by Gasteiger charge is -2.69. The summed E-state index contributed by atoms with van der Waals surface area (Å²) in [4.78, 5) is 12.8. The summed E-state index contributed by atoms with van der Waals surface area (Å²) in [5.74, 6) is -0.0735. The summed E-state index contributed by atoms with van der Waals surface area (Å²) in [6, 6.07) is 0. The van der Waals surface area contributed by atoms with Gasteiger partial charge in [0.05, 0.1) is 17.6 Å². The van der Waals surface area contributed by atoms with Gasteiger partial charge in [-0.1, -0.05) is 59.3 Å². The first-order valence-corrected chi connectivity index (χ1v) is 13.6. The Morgan fingerprint density at radius 1 is 1.00 bits per heavy atom. The predicted octanol–water partition coefficient (Wildman–Crippen LogP) is 5.98. The van der Waals surface area contributed by atoms with Gasteiger partial charge >= 0.3 is 5.97 Å². The zero-order valence-electron chi connectivity index (χ0n) is 22.4. The highest BCUT2D eigenvalue weighted by Gasteiger charge is 2.71. The molecule has 0 bridgehead atoms. The maximum absolute atomic E-state index is 12.8. The van der Waals surface area contributed by atoms with Gasteiger partial charge in [-0.05, 0) is 96.9 Å². The highest BCUT2D eigenvalue weighted by molar-refractivity contribution is 5.77. The summed E-state index contributed by atoms with van der Waals surface area (Å²) in [5, 5.41) is 32.9. The zero-order chi connectivity index (χ0) is 25.1. The Kier molecular flexibility index (Phi) is 5.06. The molecule has 3 fully saturated rings. The first-order valence-electron chi connectivity index (χ1n) is 13.6. The van der Waals surface area contributed by atoms with Crippen molar-refractivity contribution in [1.29, 1.82) is 0 Å². The number of carboxylic acid groups (broad SMARTS) is 1. The second kappa shape index (κ2) is 7.00. The number of aliphatic carboxylic acids is 1. The molecule has 190 valence electrons. The van der Waals surface area contributed by atoms with E-state index in [4.69, 9.17) is 0 Å². The largest absolute Gasteiger partial charge is 0.481 e. The lowest BCUT2D eigenvalue weighted by molar-refractivity contribution is -0.197. The molecule has 0 aromatic carbocycles. The van der Waals surface area contributed by atoms with Crippen molar-refractivity contribution in [2.45, 2.75) is 99.0 Å². The van der Waals surface area contributed by atoms with Gasteiger partial charge in [-0.15, -0.1) is 0 Å². The topological polar surface area (TPSA) is 77.8 Å². The summed E-state index contributed by atoms with van der Waals surface area (Å²) >= 11 is 0. The van der Waals surface area contributed by atoms with E-state index in [2.05, 4.69) is 53.7 Å². The fourth-order valence-corrected chi connectivity index (χ4v) is 10.6. The molecular formula is C30H46O4. The molecule has 0 amide bonds. The van der Waals surface area contributed by atoms with Crippen LogP contribution < -0.4 is 0 Å². The number of hydrogen-bond acceptors (Lipinski definition) is 3. The molecule has 4 nitrogen and oxygen atoms in total. The normalized spacial score (nSPS) is 53.6. The SMILES string of the molecule is CC1CCC2(C(=O)O)CCC3(C)C(=CCC4C5(C)C(CO)=CC(C)(C)C5CCC43C)C2C1(C)O. The van der Waals surface area contributed by atoms with E-state index in [9.17, 15) is 20.1 Å². The van der Waals surface area contributed by atoms with E-state index < -0.39 is 17.0 Å². The average molecular weight is 471 g/mol. The standard InChI is InChI=1S/C30H46O4/c1-18-10-13-30(24(32)33)15-14-26(4)20(23(30)29(18,7)34)8-9-22-27(26,5)12-11-21-25(2,3)16-19(17-31)28(21,22)6/h8,16,18,21-23,31,34H,9-15,17H2,1-7H3,(H,32,33). The van der Waals surface area contributed by atoms with Crippen LogP contribution in [0.3, 0.4) is 0 Å². The van der Waals surface area contributed by atoms with Gasteiger partial charge < -0.3 is 15.3 Å². The molecule has 0 aromatic rings. The predicted molar refractivity (Wildman–Crippen MR) is 134 cm³/mol. The van der Waals surface area contributed by atoms with Crippen LogP contribution in [-0.2, 0) is 4.79 Å². The molecule has 3 N–H and O–H groups in total. The van der Waals surface area contributed by atoms with Crippen LogP contribution in [0.4, 0.5) is 0 Å². The third-order valence-electron chi connectivity index (χ3n) is 12.9. The van der Waals surface area contributed by atoms with Crippen LogP contribution in [0.2, 0.25) is 0 Å². The van der Waals surface area contributed by atoms with Crippen molar-refractivity contribution in [1.82, 2.24) is 0 Å².